The number of thiazole rings is 1. The van der Waals surface area contributed by atoms with E-state index < -0.39 is 11.9 Å². The van der Waals surface area contributed by atoms with Gasteiger partial charge in [-0.3, -0.25) is 0 Å². The SMILES string of the molecule is Cc1noc(C2CCN(c3nc(C(F)(F)F)c(Br)s3)CC2)n1. The molecule has 0 unspecified atom stereocenters. The molecule has 0 spiro atoms. The Morgan fingerprint density at radius 2 is 1.95 bits per heavy atom. The highest BCUT2D eigenvalue weighted by molar-refractivity contribution is 9.11. The van der Waals surface area contributed by atoms with Crippen LogP contribution in [0.25, 0.3) is 0 Å². The van der Waals surface area contributed by atoms with Gasteiger partial charge in [0.2, 0.25) is 5.89 Å². The highest BCUT2D eigenvalue weighted by atomic mass is 79.9. The molecule has 0 aromatic carbocycles. The van der Waals surface area contributed by atoms with Gasteiger partial charge < -0.3 is 9.42 Å². The smallest absolute Gasteiger partial charge is 0.348 e. The quantitative estimate of drug-likeness (QED) is 0.767. The summed E-state index contributed by atoms with van der Waals surface area (Å²) in [6, 6.07) is 0. The van der Waals surface area contributed by atoms with Gasteiger partial charge in [-0.1, -0.05) is 16.5 Å². The first-order valence-corrected chi connectivity index (χ1v) is 8.24. The van der Waals surface area contributed by atoms with Gasteiger partial charge in [0.25, 0.3) is 0 Å². The number of hydrogen-bond acceptors (Lipinski definition) is 6. The number of aromatic nitrogens is 3. The van der Waals surface area contributed by atoms with E-state index in [0.29, 0.717) is 29.9 Å². The number of nitrogens with zero attached hydrogens (tertiary/aromatic N) is 4. The van der Waals surface area contributed by atoms with Crippen LogP contribution in [0.5, 0.6) is 0 Å². The van der Waals surface area contributed by atoms with Gasteiger partial charge in [-0.15, -0.1) is 0 Å². The van der Waals surface area contributed by atoms with E-state index in [1.54, 1.807) is 6.92 Å². The molecule has 2 aromatic rings. The molecule has 22 heavy (non-hydrogen) atoms. The Labute approximate surface area is 136 Å². The van der Waals surface area contributed by atoms with Crippen LogP contribution in [-0.2, 0) is 6.18 Å². The third-order valence-corrected chi connectivity index (χ3v) is 5.27. The summed E-state index contributed by atoms with van der Waals surface area (Å²) in [7, 11) is 0. The largest absolute Gasteiger partial charge is 0.435 e. The molecule has 5 nitrogen and oxygen atoms in total. The van der Waals surface area contributed by atoms with Crippen LogP contribution in [0.3, 0.4) is 0 Å². The highest BCUT2D eigenvalue weighted by Gasteiger charge is 2.38. The van der Waals surface area contributed by atoms with E-state index in [1.165, 1.54) is 0 Å². The molecule has 3 rings (SSSR count). The second kappa shape index (κ2) is 5.80. The molecule has 0 bridgehead atoms. The van der Waals surface area contributed by atoms with Crippen LogP contribution in [0.4, 0.5) is 18.3 Å². The number of halogens is 4. The number of alkyl halides is 3. The van der Waals surface area contributed by atoms with Gasteiger partial charge in [0.15, 0.2) is 16.6 Å². The summed E-state index contributed by atoms with van der Waals surface area (Å²) < 4.78 is 43.5. The molecule has 10 heteroatoms. The predicted molar refractivity (Wildman–Crippen MR) is 78.0 cm³/mol. The van der Waals surface area contributed by atoms with Crippen LogP contribution in [0.2, 0.25) is 0 Å². The van der Waals surface area contributed by atoms with E-state index in [4.69, 9.17) is 4.52 Å². The van der Waals surface area contributed by atoms with Crippen molar-refractivity contribution in [3.8, 4) is 0 Å². The van der Waals surface area contributed by atoms with Gasteiger partial charge in [0, 0.05) is 19.0 Å². The fourth-order valence-electron chi connectivity index (χ4n) is 2.40. The lowest BCUT2D eigenvalue weighted by atomic mass is 9.97. The minimum atomic E-state index is -4.44. The minimum absolute atomic E-state index is 0.0182. The summed E-state index contributed by atoms with van der Waals surface area (Å²) in [5.74, 6) is 1.35. The molecule has 0 saturated carbocycles. The van der Waals surface area contributed by atoms with E-state index in [0.717, 1.165) is 24.2 Å². The summed E-state index contributed by atoms with van der Waals surface area (Å²) in [5.41, 5.74) is -0.859. The zero-order chi connectivity index (χ0) is 15.9. The van der Waals surface area contributed by atoms with Gasteiger partial charge in [-0.25, -0.2) is 4.98 Å². The molecule has 0 radical (unpaired) electrons. The molecule has 1 aliphatic rings. The van der Waals surface area contributed by atoms with Crippen LogP contribution < -0.4 is 4.90 Å². The van der Waals surface area contributed by atoms with E-state index in [1.807, 2.05) is 4.90 Å². The average Bonchev–Trinajstić information content (AvgIpc) is 3.05. The monoisotopic (exact) mass is 396 g/mol. The molecule has 0 N–H and O–H groups in total. The van der Waals surface area contributed by atoms with Crippen LogP contribution in [0.1, 0.15) is 36.2 Å². The molecule has 0 aliphatic carbocycles. The van der Waals surface area contributed by atoms with Gasteiger partial charge in [0.05, 0.1) is 0 Å². The molecule has 120 valence electrons. The molecule has 1 saturated heterocycles. The minimum Gasteiger partial charge on any atom is -0.348 e. The fraction of sp³-hybridized carbons (Fsp3) is 0.583. The second-order valence-electron chi connectivity index (χ2n) is 5.06. The topological polar surface area (TPSA) is 55.1 Å². The van der Waals surface area contributed by atoms with Gasteiger partial charge in [-0.05, 0) is 35.7 Å². The van der Waals surface area contributed by atoms with Crippen molar-refractivity contribution in [2.45, 2.75) is 31.9 Å². The number of piperidine rings is 1. The maximum absolute atomic E-state index is 12.8. The van der Waals surface area contributed by atoms with Crippen molar-refractivity contribution >= 4 is 32.4 Å². The third kappa shape index (κ3) is 3.12. The van der Waals surface area contributed by atoms with E-state index in [9.17, 15) is 13.2 Å². The Morgan fingerprint density at radius 3 is 2.45 bits per heavy atom. The molecule has 1 aliphatic heterocycles. The van der Waals surface area contributed by atoms with Crippen LogP contribution in [0.15, 0.2) is 8.31 Å². The third-order valence-electron chi connectivity index (χ3n) is 3.50. The predicted octanol–water partition coefficient (Wildman–Crippen LogP) is 4.00. The first-order chi connectivity index (χ1) is 10.3. The Balaban J connectivity index is 1.69. The van der Waals surface area contributed by atoms with Crippen LogP contribution in [0, 0.1) is 6.92 Å². The van der Waals surface area contributed by atoms with Crippen molar-refractivity contribution in [3.63, 3.8) is 0 Å². The van der Waals surface area contributed by atoms with Crippen molar-refractivity contribution in [1.29, 1.82) is 0 Å². The lowest BCUT2D eigenvalue weighted by Crippen LogP contribution is -2.33. The van der Waals surface area contributed by atoms with E-state index in [2.05, 4.69) is 31.1 Å². The summed E-state index contributed by atoms with van der Waals surface area (Å²) in [6.07, 6.45) is -2.94. The summed E-state index contributed by atoms with van der Waals surface area (Å²) in [6.45, 7) is 2.99. The standard InChI is InChI=1S/C12H12BrF3N4OS/c1-6-17-10(21-19-6)7-2-4-20(5-3-7)11-18-8(9(13)22-11)12(14,15)16/h7H,2-5H2,1H3. The molecule has 2 aromatic heterocycles. The first kappa shape index (κ1) is 15.7. The fourth-order valence-corrected chi connectivity index (χ4v) is 4.01. The van der Waals surface area contributed by atoms with Gasteiger partial charge in [-0.2, -0.15) is 18.2 Å². The molecular formula is C12H12BrF3N4OS. The number of anilines is 1. The summed E-state index contributed by atoms with van der Waals surface area (Å²) in [5, 5.41) is 4.16. The molecule has 1 fully saturated rings. The average molecular weight is 397 g/mol. The first-order valence-electron chi connectivity index (χ1n) is 6.63. The maximum Gasteiger partial charge on any atom is 0.435 e. The maximum atomic E-state index is 12.8. The van der Waals surface area contributed by atoms with Crippen molar-refractivity contribution in [2.75, 3.05) is 18.0 Å². The van der Waals surface area contributed by atoms with Crippen LogP contribution >= 0.6 is 27.3 Å². The molecular weight excluding hydrogens is 385 g/mol. The van der Waals surface area contributed by atoms with Crippen LogP contribution in [-0.4, -0.2) is 28.2 Å². The molecule has 0 atom stereocenters. The van der Waals surface area contributed by atoms with Gasteiger partial charge in [0.1, 0.15) is 3.79 Å². The van der Waals surface area contributed by atoms with Gasteiger partial charge >= 0.3 is 6.18 Å². The second-order valence-corrected chi connectivity index (χ2v) is 7.35. The Bertz CT molecular complexity index is 664. The van der Waals surface area contributed by atoms with E-state index >= 15 is 0 Å². The Kier molecular flexibility index (Phi) is 4.15. The molecule has 3 heterocycles. The lowest BCUT2D eigenvalue weighted by molar-refractivity contribution is -0.141. The summed E-state index contributed by atoms with van der Waals surface area (Å²) >= 11 is 3.96. The summed E-state index contributed by atoms with van der Waals surface area (Å²) in [4.78, 5) is 9.81. The Hall–Kier alpha value is -1.16. The van der Waals surface area contributed by atoms with Crippen molar-refractivity contribution < 1.29 is 17.7 Å². The number of hydrogen-bond donors (Lipinski definition) is 0. The zero-order valence-corrected chi connectivity index (χ0v) is 13.9. The number of rotatable bonds is 2. The number of aryl methyl sites for hydroxylation is 1. The van der Waals surface area contributed by atoms with Crippen molar-refractivity contribution in [3.05, 3.63) is 21.2 Å². The van der Waals surface area contributed by atoms with Crippen molar-refractivity contribution in [2.24, 2.45) is 0 Å². The highest BCUT2D eigenvalue weighted by Crippen LogP contribution is 2.41. The van der Waals surface area contributed by atoms with E-state index in [-0.39, 0.29) is 9.70 Å². The molecule has 0 amide bonds. The Morgan fingerprint density at radius 1 is 1.27 bits per heavy atom. The van der Waals surface area contributed by atoms with Crippen molar-refractivity contribution in [1.82, 2.24) is 15.1 Å². The lowest BCUT2D eigenvalue weighted by Gasteiger charge is -2.29. The zero-order valence-electron chi connectivity index (χ0n) is 11.5. The normalized spacial score (nSPS) is 17.2.